The van der Waals surface area contributed by atoms with Crippen LogP contribution in [0.5, 0.6) is 0 Å². The van der Waals surface area contributed by atoms with Gasteiger partial charge < -0.3 is 9.84 Å². The zero-order valence-corrected chi connectivity index (χ0v) is 11.3. The second kappa shape index (κ2) is 5.46. The normalized spacial score (nSPS) is 26.8. The van der Waals surface area contributed by atoms with Gasteiger partial charge in [0.15, 0.2) is 0 Å². The molecule has 3 unspecified atom stereocenters. The van der Waals surface area contributed by atoms with E-state index in [2.05, 4.69) is 22.9 Å². The van der Waals surface area contributed by atoms with E-state index in [9.17, 15) is 9.50 Å². The van der Waals surface area contributed by atoms with Crippen molar-refractivity contribution in [1.82, 2.24) is 0 Å². The van der Waals surface area contributed by atoms with E-state index in [4.69, 9.17) is 4.74 Å². The van der Waals surface area contributed by atoms with Crippen LogP contribution >= 0.6 is 15.9 Å². The maximum atomic E-state index is 13.1. The molecular formula is C13H16BrFO2. The van der Waals surface area contributed by atoms with Gasteiger partial charge in [-0.15, -0.1) is 0 Å². The average Bonchev–Trinajstić information content (AvgIpc) is 2.32. The Balaban J connectivity index is 2.17. The monoisotopic (exact) mass is 302 g/mol. The summed E-state index contributed by atoms with van der Waals surface area (Å²) in [6, 6.07) is 4.68. The van der Waals surface area contributed by atoms with E-state index in [-0.39, 0.29) is 11.7 Å². The molecule has 0 aliphatic carbocycles. The molecule has 0 radical (unpaired) electrons. The molecule has 17 heavy (non-hydrogen) atoms. The fraction of sp³-hybridized carbons (Fsp3) is 0.538. The van der Waals surface area contributed by atoms with Gasteiger partial charge in [0.1, 0.15) is 5.82 Å². The van der Waals surface area contributed by atoms with Crippen LogP contribution in [0.4, 0.5) is 4.39 Å². The number of hydrogen-bond acceptors (Lipinski definition) is 2. The number of ether oxygens (including phenoxy) is 1. The third-order valence-electron chi connectivity index (χ3n) is 3.40. The molecule has 1 fully saturated rings. The quantitative estimate of drug-likeness (QED) is 0.908. The lowest BCUT2D eigenvalue weighted by Crippen LogP contribution is -2.30. The molecule has 2 rings (SSSR count). The Hall–Kier alpha value is -0.450. The lowest BCUT2D eigenvalue weighted by Gasteiger charge is -2.32. The average molecular weight is 303 g/mol. The van der Waals surface area contributed by atoms with Crippen LogP contribution in [0.2, 0.25) is 0 Å². The molecule has 3 atom stereocenters. The van der Waals surface area contributed by atoms with Crippen LogP contribution in [0.25, 0.3) is 0 Å². The van der Waals surface area contributed by atoms with Gasteiger partial charge in [0.2, 0.25) is 0 Å². The highest BCUT2D eigenvalue weighted by atomic mass is 79.9. The van der Waals surface area contributed by atoms with Gasteiger partial charge in [-0.05, 0) is 51.9 Å². The van der Waals surface area contributed by atoms with E-state index in [0.29, 0.717) is 23.6 Å². The van der Waals surface area contributed by atoms with Crippen molar-refractivity contribution in [1.29, 1.82) is 0 Å². The number of halogens is 2. The van der Waals surface area contributed by atoms with Gasteiger partial charge >= 0.3 is 0 Å². The molecule has 1 aliphatic heterocycles. The van der Waals surface area contributed by atoms with Gasteiger partial charge in [0, 0.05) is 13.2 Å². The number of hydrogen-bond donors (Lipinski definition) is 1. The largest absolute Gasteiger partial charge is 0.388 e. The minimum atomic E-state index is -0.550. The van der Waals surface area contributed by atoms with E-state index in [1.54, 1.807) is 12.1 Å². The Morgan fingerprint density at radius 3 is 2.94 bits per heavy atom. The van der Waals surface area contributed by atoms with E-state index in [1.807, 2.05) is 0 Å². The summed E-state index contributed by atoms with van der Waals surface area (Å²) in [6.07, 6.45) is 0.294. The van der Waals surface area contributed by atoms with Gasteiger partial charge in [0.25, 0.3) is 0 Å². The summed E-state index contributed by atoms with van der Waals surface area (Å²) in [5.74, 6) is 0.199. The zero-order chi connectivity index (χ0) is 12.4. The molecule has 0 aromatic heterocycles. The predicted octanol–water partition coefficient (Wildman–Crippen LogP) is 3.29. The van der Waals surface area contributed by atoms with Crippen LogP contribution in [0, 0.1) is 17.7 Å². The first-order valence-electron chi connectivity index (χ1n) is 5.80. The van der Waals surface area contributed by atoms with E-state index in [1.165, 1.54) is 6.07 Å². The molecule has 0 saturated carbocycles. The predicted molar refractivity (Wildman–Crippen MR) is 67.1 cm³/mol. The lowest BCUT2D eigenvalue weighted by atomic mass is 9.82. The fourth-order valence-electron chi connectivity index (χ4n) is 2.31. The molecule has 0 spiro atoms. The summed E-state index contributed by atoms with van der Waals surface area (Å²) in [5.41, 5.74) is 0.761. The molecule has 0 bridgehead atoms. The molecule has 94 valence electrons. The van der Waals surface area contributed by atoms with Gasteiger partial charge in [-0.1, -0.05) is 13.0 Å². The fourth-order valence-corrected chi connectivity index (χ4v) is 2.71. The molecule has 1 heterocycles. The van der Waals surface area contributed by atoms with E-state index >= 15 is 0 Å². The highest BCUT2D eigenvalue weighted by Gasteiger charge is 2.29. The highest BCUT2D eigenvalue weighted by Crippen LogP contribution is 2.34. The van der Waals surface area contributed by atoms with Gasteiger partial charge in [0.05, 0.1) is 10.6 Å². The lowest BCUT2D eigenvalue weighted by molar-refractivity contribution is -0.0310. The second-order valence-electron chi connectivity index (χ2n) is 4.62. The number of aliphatic hydroxyl groups is 1. The Labute approximate surface area is 109 Å². The molecule has 1 aromatic carbocycles. The summed E-state index contributed by atoms with van der Waals surface area (Å²) in [4.78, 5) is 0. The minimum absolute atomic E-state index is 0.182. The topological polar surface area (TPSA) is 29.5 Å². The van der Waals surface area contributed by atoms with Crippen molar-refractivity contribution in [3.05, 3.63) is 34.1 Å². The molecular weight excluding hydrogens is 287 g/mol. The van der Waals surface area contributed by atoms with E-state index in [0.717, 1.165) is 12.0 Å². The van der Waals surface area contributed by atoms with Crippen molar-refractivity contribution in [2.45, 2.75) is 19.4 Å². The van der Waals surface area contributed by atoms with Crippen LogP contribution in [-0.4, -0.2) is 18.3 Å². The van der Waals surface area contributed by atoms with Crippen LogP contribution in [0.3, 0.4) is 0 Å². The van der Waals surface area contributed by atoms with Crippen molar-refractivity contribution in [3.8, 4) is 0 Å². The highest BCUT2D eigenvalue weighted by molar-refractivity contribution is 9.10. The Kier molecular flexibility index (Phi) is 4.17. The SMILES string of the molecule is CC1COCCC1C(O)c1ccc(F)c(Br)c1. The molecule has 4 heteroatoms. The summed E-state index contributed by atoms with van der Waals surface area (Å²) in [5, 5.41) is 10.3. The molecule has 1 saturated heterocycles. The van der Waals surface area contributed by atoms with Gasteiger partial charge in [-0.2, -0.15) is 0 Å². The minimum Gasteiger partial charge on any atom is -0.388 e. The summed E-state index contributed by atoms with van der Waals surface area (Å²) in [7, 11) is 0. The second-order valence-corrected chi connectivity index (χ2v) is 5.48. The van der Waals surface area contributed by atoms with Crippen LogP contribution < -0.4 is 0 Å². The maximum absolute atomic E-state index is 13.1. The van der Waals surface area contributed by atoms with Crippen LogP contribution in [0.15, 0.2) is 22.7 Å². The Morgan fingerprint density at radius 1 is 1.53 bits per heavy atom. The smallest absolute Gasteiger partial charge is 0.137 e. The van der Waals surface area contributed by atoms with Crippen molar-refractivity contribution in [3.63, 3.8) is 0 Å². The molecule has 2 nitrogen and oxygen atoms in total. The maximum Gasteiger partial charge on any atom is 0.137 e. The number of rotatable bonds is 2. The zero-order valence-electron chi connectivity index (χ0n) is 9.70. The van der Waals surface area contributed by atoms with Gasteiger partial charge in [-0.25, -0.2) is 4.39 Å². The number of benzene rings is 1. The first-order valence-corrected chi connectivity index (χ1v) is 6.59. The van der Waals surface area contributed by atoms with Crippen molar-refractivity contribution >= 4 is 15.9 Å². The molecule has 1 aromatic rings. The first kappa shape index (κ1) is 13.0. The molecule has 1 N–H and O–H groups in total. The first-order chi connectivity index (χ1) is 8.09. The molecule has 0 amide bonds. The summed E-state index contributed by atoms with van der Waals surface area (Å²) in [6.45, 7) is 3.45. The van der Waals surface area contributed by atoms with Crippen molar-refractivity contribution in [2.24, 2.45) is 11.8 Å². The third-order valence-corrected chi connectivity index (χ3v) is 4.01. The summed E-state index contributed by atoms with van der Waals surface area (Å²) < 4.78 is 18.9. The van der Waals surface area contributed by atoms with Crippen LogP contribution in [0.1, 0.15) is 25.0 Å². The van der Waals surface area contributed by atoms with Crippen molar-refractivity contribution in [2.75, 3.05) is 13.2 Å². The standard InChI is InChI=1S/C13H16BrFO2/c1-8-7-17-5-4-10(8)13(16)9-2-3-12(15)11(14)6-9/h2-3,6,8,10,13,16H,4-5,7H2,1H3. The third kappa shape index (κ3) is 2.87. The van der Waals surface area contributed by atoms with Gasteiger partial charge in [-0.3, -0.25) is 0 Å². The van der Waals surface area contributed by atoms with Crippen LogP contribution in [-0.2, 0) is 4.74 Å². The summed E-state index contributed by atoms with van der Waals surface area (Å²) >= 11 is 3.14. The molecule has 1 aliphatic rings. The number of aliphatic hydroxyl groups excluding tert-OH is 1. The Morgan fingerprint density at radius 2 is 2.29 bits per heavy atom. The Bertz CT molecular complexity index is 397. The van der Waals surface area contributed by atoms with Crippen molar-refractivity contribution < 1.29 is 14.2 Å². The van der Waals surface area contributed by atoms with E-state index < -0.39 is 6.10 Å².